The number of fused-ring (bicyclic) bond motifs is 1. The molecule has 18 heavy (non-hydrogen) atoms. The van der Waals surface area contributed by atoms with E-state index in [4.69, 9.17) is 0 Å². The first-order valence-electron chi connectivity index (χ1n) is 5.87. The third-order valence-electron chi connectivity index (χ3n) is 3.14. The van der Waals surface area contributed by atoms with Crippen LogP contribution in [0.4, 0.5) is 5.69 Å². The Morgan fingerprint density at radius 1 is 1.50 bits per heavy atom. The average Bonchev–Trinajstić information content (AvgIpc) is 2.77. The Balaban J connectivity index is 2.82. The molecule has 1 heterocycles. The first-order valence-corrected chi connectivity index (χ1v) is 6.69. The van der Waals surface area contributed by atoms with Crippen molar-refractivity contribution in [2.75, 3.05) is 7.05 Å². The van der Waals surface area contributed by atoms with E-state index in [-0.39, 0.29) is 5.91 Å². The van der Waals surface area contributed by atoms with Crippen LogP contribution >= 0.6 is 11.3 Å². The molecular formula is C14H16N2OS. The van der Waals surface area contributed by atoms with E-state index in [0.717, 1.165) is 38.2 Å². The molecule has 0 bridgehead atoms. The zero-order valence-electron chi connectivity index (χ0n) is 10.8. The SMILES string of the molecule is C=Nc1ccc2sc(C(=O)NC)c(CC)c2c1C. The topological polar surface area (TPSA) is 41.5 Å². The zero-order valence-corrected chi connectivity index (χ0v) is 11.6. The number of nitrogens with zero attached hydrogens (tertiary/aromatic N) is 1. The lowest BCUT2D eigenvalue weighted by atomic mass is 10.0. The van der Waals surface area contributed by atoms with E-state index in [1.165, 1.54) is 0 Å². The molecule has 0 aliphatic rings. The first-order chi connectivity index (χ1) is 8.63. The summed E-state index contributed by atoms with van der Waals surface area (Å²) in [7, 11) is 1.66. The summed E-state index contributed by atoms with van der Waals surface area (Å²) in [6.07, 6.45) is 0.837. The lowest BCUT2D eigenvalue weighted by Gasteiger charge is -2.04. The molecule has 1 aromatic heterocycles. The minimum absolute atomic E-state index is 0.0134. The van der Waals surface area contributed by atoms with Gasteiger partial charge in [-0.05, 0) is 43.3 Å². The summed E-state index contributed by atoms with van der Waals surface area (Å²) in [5, 5.41) is 3.86. The summed E-state index contributed by atoms with van der Waals surface area (Å²) in [5.74, 6) is -0.0134. The fourth-order valence-electron chi connectivity index (χ4n) is 2.23. The van der Waals surface area contributed by atoms with Crippen LogP contribution in [0.15, 0.2) is 17.1 Å². The van der Waals surface area contributed by atoms with Gasteiger partial charge in [-0.2, -0.15) is 0 Å². The van der Waals surface area contributed by atoms with Gasteiger partial charge in [0.15, 0.2) is 0 Å². The van der Waals surface area contributed by atoms with Gasteiger partial charge in [-0.3, -0.25) is 9.79 Å². The number of aryl methyl sites for hydroxylation is 2. The van der Waals surface area contributed by atoms with Gasteiger partial charge < -0.3 is 5.32 Å². The van der Waals surface area contributed by atoms with Gasteiger partial charge in [0, 0.05) is 17.1 Å². The predicted molar refractivity (Wildman–Crippen MR) is 78.5 cm³/mol. The van der Waals surface area contributed by atoms with E-state index in [9.17, 15) is 4.79 Å². The number of benzene rings is 1. The van der Waals surface area contributed by atoms with Crippen molar-refractivity contribution in [2.24, 2.45) is 4.99 Å². The number of aliphatic imine (C=N–C) groups is 1. The number of hydrogen-bond donors (Lipinski definition) is 1. The normalized spacial score (nSPS) is 10.6. The van der Waals surface area contributed by atoms with Crippen molar-refractivity contribution in [3.63, 3.8) is 0 Å². The molecule has 1 aromatic carbocycles. The van der Waals surface area contributed by atoms with E-state index in [1.807, 2.05) is 19.1 Å². The van der Waals surface area contributed by atoms with Gasteiger partial charge in [-0.25, -0.2) is 0 Å². The zero-order chi connectivity index (χ0) is 13.3. The van der Waals surface area contributed by atoms with Crippen molar-refractivity contribution >= 4 is 39.7 Å². The molecule has 0 aliphatic carbocycles. The van der Waals surface area contributed by atoms with Crippen molar-refractivity contribution in [1.29, 1.82) is 0 Å². The van der Waals surface area contributed by atoms with Gasteiger partial charge in [0.05, 0.1) is 10.6 Å². The van der Waals surface area contributed by atoms with Crippen LogP contribution in [-0.4, -0.2) is 19.7 Å². The summed E-state index contributed by atoms with van der Waals surface area (Å²) < 4.78 is 1.13. The van der Waals surface area contributed by atoms with Gasteiger partial charge in [0.1, 0.15) is 0 Å². The summed E-state index contributed by atoms with van der Waals surface area (Å²) in [6, 6.07) is 3.97. The second-order valence-corrected chi connectivity index (χ2v) is 5.14. The van der Waals surface area contributed by atoms with Gasteiger partial charge >= 0.3 is 0 Å². The maximum absolute atomic E-state index is 11.9. The Kier molecular flexibility index (Phi) is 3.48. The number of amides is 1. The standard InChI is InChI=1S/C14H16N2OS/c1-5-9-12-8(2)10(15-3)6-7-11(12)18-13(9)14(17)16-4/h6-7H,3,5H2,1-2,4H3,(H,16,17). The molecule has 0 fully saturated rings. The van der Waals surface area contributed by atoms with Gasteiger partial charge in [0.25, 0.3) is 5.91 Å². The van der Waals surface area contributed by atoms with Crippen LogP contribution in [0, 0.1) is 6.92 Å². The highest BCUT2D eigenvalue weighted by Gasteiger charge is 2.18. The fourth-order valence-corrected chi connectivity index (χ4v) is 3.53. The minimum atomic E-state index is -0.0134. The smallest absolute Gasteiger partial charge is 0.261 e. The van der Waals surface area contributed by atoms with Crippen LogP contribution in [0.1, 0.15) is 27.7 Å². The molecule has 1 N–H and O–H groups in total. The third-order valence-corrected chi connectivity index (χ3v) is 4.34. The molecule has 0 atom stereocenters. The Morgan fingerprint density at radius 3 is 2.78 bits per heavy atom. The summed E-state index contributed by atoms with van der Waals surface area (Å²) in [6.45, 7) is 7.69. The van der Waals surface area contributed by atoms with Crippen LogP contribution in [0.5, 0.6) is 0 Å². The highest BCUT2D eigenvalue weighted by molar-refractivity contribution is 7.21. The lowest BCUT2D eigenvalue weighted by Crippen LogP contribution is -2.17. The number of carbonyl (C=O) groups excluding carboxylic acids is 1. The van der Waals surface area contributed by atoms with Crippen LogP contribution < -0.4 is 5.32 Å². The summed E-state index contributed by atoms with van der Waals surface area (Å²) >= 11 is 1.54. The lowest BCUT2D eigenvalue weighted by molar-refractivity contribution is 0.0966. The summed E-state index contributed by atoms with van der Waals surface area (Å²) in [4.78, 5) is 16.7. The molecule has 3 nitrogen and oxygen atoms in total. The van der Waals surface area contributed by atoms with Crippen LogP contribution in [0.2, 0.25) is 0 Å². The highest BCUT2D eigenvalue weighted by Crippen LogP contribution is 2.37. The van der Waals surface area contributed by atoms with Gasteiger partial charge in [-0.15, -0.1) is 11.3 Å². The van der Waals surface area contributed by atoms with E-state index < -0.39 is 0 Å². The Labute approximate surface area is 111 Å². The van der Waals surface area contributed by atoms with Crippen molar-refractivity contribution in [3.8, 4) is 0 Å². The quantitative estimate of drug-likeness (QED) is 0.844. The molecule has 1 amide bonds. The van der Waals surface area contributed by atoms with E-state index in [1.54, 1.807) is 18.4 Å². The molecule has 2 rings (SSSR count). The maximum atomic E-state index is 11.9. The fraction of sp³-hybridized carbons (Fsp3) is 0.286. The molecule has 0 saturated carbocycles. The summed E-state index contributed by atoms with van der Waals surface area (Å²) in [5.41, 5.74) is 3.10. The second kappa shape index (κ2) is 4.90. The molecule has 0 radical (unpaired) electrons. The number of nitrogens with one attached hydrogen (secondary N) is 1. The third kappa shape index (κ3) is 1.82. The molecule has 0 unspecified atom stereocenters. The largest absolute Gasteiger partial charge is 0.354 e. The first kappa shape index (κ1) is 12.8. The Bertz CT molecular complexity index is 628. The molecule has 94 valence electrons. The molecule has 0 saturated heterocycles. The maximum Gasteiger partial charge on any atom is 0.261 e. The van der Waals surface area contributed by atoms with E-state index >= 15 is 0 Å². The van der Waals surface area contributed by atoms with E-state index in [0.29, 0.717) is 0 Å². The Morgan fingerprint density at radius 2 is 2.22 bits per heavy atom. The molecule has 0 aliphatic heterocycles. The average molecular weight is 260 g/mol. The number of hydrogen-bond acceptors (Lipinski definition) is 3. The molecular weight excluding hydrogens is 244 g/mol. The minimum Gasteiger partial charge on any atom is -0.354 e. The number of thiophene rings is 1. The monoisotopic (exact) mass is 260 g/mol. The molecule has 0 spiro atoms. The van der Waals surface area contributed by atoms with Gasteiger partial charge in [-0.1, -0.05) is 6.92 Å². The molecule has 4 heteroatoms. The molecule has 2 aromatic rings. The highest BCUT2D eigenvalue weighted by atomic mass is 32.1. The van der Waals surface area contributed by atoms with Crippen molar-refractivity contribution in [2.45, 2.75) is 20.3 Å². The second-order valence-electron chi connectivity index (χ2n) is 4.08. The van der Waals surface area contributed by atoms with Gasteiger partial charge in [0.2, 0.25) is 0 Å². The van der Waals surface area contributed by atoms with Crippen LogP contribution in [0.25, 0.3) is 10.1 Å². The van der Waals surface area contributed by atoms with Crippen molar-refractivity contribution in [1.82, 2.24) is 5.32 Å². The number of rotatable bonds is 3. The number of carbonyl (C=O) groups is 1. The Hall–Kier alpha value is -1.68. The van der Waals surface area contributed by atoms with Crippen LogP contribution in [-0.2, 0) is 6.42 Å². The predicted octanol–water partition coefficient (Wildman–Crippen LogP) is 3.46. The van der Waals surface area contributed by atoms with E-state index in [2.05, 4.69) is 24.0 Å². The van der Waals surface area contributed by atoms with Crippen molar-refractivity contribution < 1.29 is 4.79 Å². The van der Waals surface area contributed by atoms with Crippen molar-refractivity contribution in [3.05, 3.63) is 28.1 Å². The van der Waals surface area contributed by atoms with Crippen LogP contribution in [0.3, 0.4) is 0 Å².